The van der Waals surface area contributed by atoms with Crippen LogP contribution in [0, 0.1) is 5.92 Å². The van der Waals surface area contributed by atoms with Gasteiger partial charge in [-0.25, -0.2) is 9.49 Å². The molecule has 2 fully saturated rings. The molecule has 162 valence electrons. The minimum atomic E-state index is -0.801. The van der Waals surface area contributed by atoms with E-state index in [0.29, 0.717) is 37.9 Å². The van der Waals surface area contributed by atoms with Crippen molar-refractivity contribution in [3.8, 4) is 0 Å². The molecule has 5 rings (SSSR count). The van der Waals surface area contributed by atoms with Crippen molar-refractivity contribution in [3.05, 3.63) is 63.9 Å². The first-order valence-electron chi connectivity index (χ1n) is 10.7. The Hall–Kier alpha value is -2.84. The predicted octanol–water partition coefficient (Wildman–Crippen LogP) is 1.81. The van der Waals surface area contributed by atoms with Crippen LogP contribution in [-0.4, -0.2) is 71.3 Å². The van der Waals surface area contributed by atoms with Gasteiger partial charge in [0.05, 0.1) is 36.3 Å². The number of carbonyl (C=O) groups is 1. The van der Waals surface area contributed by atoms with E-state index in [0.717, 1.165) is 36.3 Å². The second-order valence-corrected chi connectivity index (χ2v) is 8.40. The predicted molar refractivity (Wildman–Crippen MR) is 114 cm³/mol. The van der Waals surface area contributed by atoms with Gasteiger partial charge < -0.3 is 9.64 Å². The zero-order valence-electron chi connectivity index (χ0n) is 17.2. The quantitative estimate of drug-likeness (QED) is 0.813. The van der Waals surface area contributed by atoms with Gasteiger partial charge in [0.15, 0.2) is 0 Å². The number of allylic oxidation sites excluding steroid dienone is 3. The number of aromatic amines is 1. The van der Waals surface area contributed by atoms with E-state index in [1.807, 2.05) is 18.2 Å². The van der Waals surface area contributed by atoms with Crippen LogP contribution in [0.3, 0.4) is 0 Å². The second kappa shape index (κ2) is 8.36. The van der Waals surface area contributed by atoms with Crippen LogP contribution in [0.5, 0.6) is 0 Å². The monoisotopic (exact) mass is 424 g/mol. The molecule has 3 aliphatic rings. The lowest BCUT2D eigenvalue weighted by molar-refractivity contribution is -0.140. The number of H-pyrrole nitrogens is 1. The van der Waals surface area contributed by atoms with Gasteiger partial charge in [0.2, 0.25) is 5.91 Å². The summed E-state index contributed by atoms with van der Waals surface area (Å²) in [6.07, 6.45) is 3.90. The van der Waals surface area contributed by atoms with Gasteiger partial charge in [-0.3, -0.25) is 14.5 Å². The average Bonchev–Trinajstić information content (AvgIpc) is 2.81. The fourth-order valence-electron chi connectivity index (χ4n) is 4.77. The third kappa shape index (κ3) is 3.93. The summed E-state index contributed by atoms with van der Waals surface area (Å²) < 4.78 is 20.2. The van der Waals surface area contributed by atoms with E-state index in [1.165, 1.54) is 6.08 Å². The maximum Gasteiger partial charge on any atom is 0.272 e. The number of hydrogen-bond acceptors (Lipinski definition) is 5. The number of fused-ring (bicyclic) bond motifs is 2. The van der Waals surface area contributed by atoms with Gasteiger partial charge in [0.25, 0.3) is 5.56 Å². The molecule has 2 saturated heterocycles. The molecule has 1 aliphatic carbocycles. The molecule has 2 aromatic rings. The number of nitrogens with zero attached hydrogens (tertiary/aromatic N) is 3. The van der Waals surface area contributed by atoms with Crippen LogP contribution in [0.1, 0.15) is 12.1 Å². The zero-order chi connectivity index (χ0) is 21.4. The molecule has 8 heteroatoms. The number of hydrogen-bond donors (Lipinski definition) is 1. The summed E-state index contributed by atoms with van der Waals surface area (Å²) in [4.78, 5) is 29.3. The standard InChI is InChI=1S/C23H25FN4O3/c24-20-6-5-15(12-21-17-3-1-2-4-18(17)22(29)26-25-21)11-19(20)23(30)28-8-7-27-9-10-31-14-16(27)13-28/h1-6,16,19H,7-14H2,(H,26,29). The number of aromatic nitrogens is 2. The highest BCUT2D eigenvalue weighted by molar-refractivity contribution is 5.84. The van der Waals surface area contributed by atoms with Gasteiger partial charge in [0.1, 0.15) is 5.83 Å². The Kier molecular flexibility index (Phi) is 5.41. The first-order valence-corrected chi connectivity index (χ1v) is 10.7. The Morgan fingerprint density at radius 3 is 2.90 bits per heavy atom. The average molecular weight is 424 g/mol. The van der Waals surface area contributed by atoms with E-state index < -0.39 is 11.7 Å². The number of halogens is 1. The molecular formula is C23H25FN4O3. The van der Waals surface area contributed by atoms with Crippen LogP contribution >= 0.6 is 0 Å². The van der Waals surface area contributed by atoms with Crippen LogP contribution in [0.25, 0.3) is 10.8 Å². The van der Waals surface area contributed by atoms with Crippen molar-refractivity contribution in [2.75, 3.05) is 39.4 Å². The van der Waals surface area contributed by atoms with Gasteiger partial charge in [0, 0.05) is 38.0 Å². The van der Waals surface area contributed by atoms with E-state index in [1.54, 1.807) is 17.0 Å². The molecule has 2 unspecified atom stereocenters. The van der Waals surface area contributed by atoms with Crippen molar-refractivity contribution in [3.63, 3.8) is 0 Å². The molecule has 1 aromatic heterocycles. The molecule has 2 aliphatic heterocycles. The molecule has 7 nitrogen and oxygen atoms in total. The summed E-state index contributed by atoms with van der Waals surface area (Å²) in [5.74, 6) is -1.36. The maximum absolute atomic E-state index is 14.7. The van der Waals surface area contributed by atoms with E-state index >= 15 is 0 Å². The third-order valence-electron chi connectivity index (χ3n) is 6.49. The molecule has 0 saturated carbocycles. The van der Waals surface area contributed by atoms with Crippen molar-refractivity contribution in [1.29, 1.82) is 0 Å². The summed E-state index contributed by atoms with van der Waals surface area (Å²) in [5.41, 5.74) is 1.40. The first-order chi connectivity index (χ1) is 15.1. The molecule has 1 aromatic carbocycles. The lowest BCUT2D eigenvalue weighted by atomic mass is 9.88. The van der Waals surface area contributed by atoms with E-state index in [2.05, 4.69) is 15.1 Å². The summed E-state index contributed by atoms with van der Waals surface area (Å²) in [7, 11) is 0. The highest BCUT2D eigenvalue weighted by atomic mass is 19.1. The number of benzene rings is 1. The number of ether oxygens (including phenoxy) is 1. The Labute approximate surface area is 179 Å². The SMILES string of the molecule is O=C(C1CC(Cc2n[nH]c(=O)c3ccccc23)=CC=C1F)N1CCN2CCOCC2C1. The van der Waals surface area contributed by atoms with Crippen molar-refractivity contribution in [1.82, 2.24) is 20.0 Å². The van der Waals surface area contributed by atoms with Crippen LogP contribution in [0.15, 0.2) is 52.6 Å². The van der Waals surface area contributed by atoms with Crippen LogP contribution < -0.4 is 5.56 Å². The fourth-order valence-corrected chi connectivity index (χ4v) is 4.77. The van der Waals surface area contributed by atoms with Gasteiger partial charge in [-0.05, 0) is 18.6 Å². The number of amides is 1. The minimum Gasteiger partial charge on any atom is -0.378 e. The summed E-state index contributed by atoms with van der Waals surface area (Å²) in [6, 6.07) is 7.48. The number of rotatable bonds is 3. The summed E-state index contributed by atoms with van der Waals surface area (Å²) in [6.45, 7) is 4.22. The molecule has 0 radical (unpaired) electrons. The first kappa shape index (κ1) is 20.1. The van der Waals surface area contributed by atoms with E-state index in [-0.39, 0.29) is 17.5 Å². The van der Waals surface area contributed by atoms with E-state index in [4.69, 9.17) is 4.74 Å². The Bertz CT molecular complexity index is 1130. The van der Waals surface area contributed by atoms with Crippen molar-refractivity contribution in [2.24, 2.45) is 5.92 Å². The van der Waals surface area contributed by atoms with Crippen molar-refractivity contribution >= 4 is 16.7 Å². The van der Waals surface area contributed by atoms with E-state index in [9.17, 15) is 14.0 Å². The lowest BCUT2D eigenvalue weighted by Crippen LogP contribution is -2.59. The van der Waals surface area contributed by atoms with Crippen LogP contribution in [0.2, 0.25) is 0 Å². The Balaban J connectivity index is 1.32. The Morgan fingerprint density at radius 1 is 1.19 bits per heavy atom. The normalized spacial score (nSPS) is 24.5. The van der Waals surface area contributed by atoms with Crippen LogP contribution in [-0.2, 0) is 16.0 Å². The molecule has 2 atom stereocenters. The molecule has 31 heavy (non-hydrogen) atoms. The van der Waals surface area contributed by atoms with Crippen molar-refractivity contribution < 1.29 is 13.9 Å². The lowest BCUT2D eigenvalue weighted by Gasteiger charge is -2.44. The summed E-state index contributed by atoms with van der Waals surface area (Å²) >= 11 is 0. The number of nitrogens with one attached hydrogen (secondary N) is 1. The van der Waals surface area contributed by atoms with Crippen molar-refractivity contribution in [2.45, 2.75) is 18.9 Å². The minimum absolute atomic E-state index is 0.163. The highest BCUT2D eigenvalue weighted by Crippen LogP contribution is 2.31. The van der Waals surface area contributed by atoms with Gasteiger partial charge in [-0.1, -0.05) is 29.8 Å². The number of carbonyl (C=O) groups excluding carboxylic acids is 1. The smallest absolute Gasteiger partial charge is 0.272 e. The largest absolute Gasteiger partial charge is 0.378 e. The van der Waals surface area contributed by atoms with Gasteiger partial charge in [-0.2, -0.15) is 5.10 Å². The molecule has 0 spiro atoms. The molecular weight excluding hydrogens is 399 g/mol. The number of piperazine rings is 1. The third-order valence-corrected chi connectivity index (χ3v) is 6.49. The van der Waals surface area contributed by atoms with Crippen LogP contribution in [0.4, 0.5) is 4.39 Å². The Morgan fingerprint density at radius 2 is 2.03 bits per heavy atom. The molecule has 1 amide bonds. The molecule has 1 N–H and O–H groups in total. The molecule has 0 bridgehead atoms. The maximum atomic E-state index is 14.7. The fraction of sp³-hybridized carbons (Fsp3) is 0.435. The highest BCUT2D eigenvalue weighted by Gasteiger charge is 2.36. The topological polar surface area (TPSA) is 78.5 Å². The second-order valence-electron chi connectivity index (χ2n) is 8.40. The van der Waals surface area contributed by atoms with Gasteiger partial charge in [-0.15, -0.1) is 0 Å². The van der Waals surface area contributed by atoms with Gasteiger partial charge >= 0.3 is 0 Å². The molecule has 3 heterocycles. The number of morpholine rings is 1. The summed E-state index contributed by atoms with van der Waals surface area (Å²) in [5, 5.41) is 8.11. The zero-order valence-corrected chi connectivity index (χ0v) is 17.2.